The number of pyridine rings is 1. The Morgan fingerprint density at radius 3 is 2.72 bits per heavy atom. The fourth-order valence-corrected chi connectivity index (χ4v) is 5.20. The molecule has 4 nitrogen and oxygen atoms in total. The van der Waals surface area contributed by atoms with Crippen molar-refractivity contribution in [3.8, 4) is 5.69 Å². The predicted octanol–water partition coefficient (Wildman–Crippen LogP) is 5.45. The van der Waals surface area contributed by atoms with E-state index in [-0.39, 0.29) is 6.04 Å². The van der Waals surface area contributed by atoms with Gasteiger partial charge in [-0.25, -0.2) is 9.97 Å². The highest BCUT2D eigenvalue weighted by atomic mass is 15.3. The van der Waals surface area contributed by atoms with E-state index in [0.29, 0.717) is 6.42 Å². The zero-order valence-electron chi connectivity index (χ0n) is 19.8. The lowest BCUT2D eigenvalue weighted by Crippen LogP contribution is -2.37. The second kappa shape index (κ2) is 5.47. The lowest BCUT2D eigenvalue weighted by atomic mass is 9.82. The second-order valence-electron chi connectivity index (χ2n) is 8.36. The number of aromatic nitrogens is 3. The number of anilines is 2. The highest BCUT2D eigenvalue weighted by molar-refractivity contribution is 6.01. The first kappa shape index (κ1) is 13.9. The van der Waals surface area contributed by atoms with Gasteiger partial charge >= 0.3 is 0 Å². The number of aryl methyl sites for hydroxylation is 1. The molecule has 0 amide bonds. The van der Waals surface area contributed by atoms with Crippen LogP contribution in [0.15, 0.2) is 55.0 Å². The summed E-state index contributed by atoms with van der Waals surface area (Å²) in [5, 5.41) is 2.35. The van der Waals surface area contributed by atoms with E-state index in [9.17, 15) is 0 Å². The first-order chi connectivity index (χ1) is 15.2. The fraction of sp³-hybridized carbons (Fsp3) is 0.280. The Bertz CT molecular complexity index is 1400. The molecule has 144 valence electrons. The summed E-state index contributed by atoms with van der Waals surface area (Å²) in [5.74, 6) is 1.74. The maximum atomic E-state index is 8.42. The van der Waals surface area contributed by atoms with E-state index >= 15 is 0 Å². The lowest BCUT2D eigenvalue weighted by Gasteiger charge is -2.33. The summed E-state index contributed by atoms with van der Waals surface area (Å²) in [7, 11) is 0. The summed E-state index contributed by atoms with van der Waals surface area (Å²) in [5.41, 5.74) is 4.27. The van der Waals surface area contributed by atoms with Crippen LogP contribution < -0.4 is 4.90 Å². The Morgan fingerprint density at radius 2 is 1.90 bits per heavy atom. The molecule has 4 heterocycles. The van der Waals surface area contributed by atoms with E-state index in [1.165, 1.54) is 10.9 Å². The molecule has 4 aromatic rings. The molecule has 2 unspecified atom stereocenters. The van der Waals surface area contributed by atoms with Crippen LogP contribution in [0.2, 0.25) is 0 Å². The summed E-state index contributed by atoms with van der Waals surface area (Å²) >= 11 is 0. The fourth-order valence-electron chi connectivity index (χ4n) is 5.20. The first-order valence-electron chi connectivity index (χ1n) is 11.6. The Morgan fingerprint density at radius 1 is 1.07 bits per heavy atom. The van der Waals surface area contributed by atoms with Crippen molar-refractivity contribution in [2.45, 2.75) is 45.5 Å². The van der Waals surface area contributed by atoms with Gasteiger partial charge in [0.1, 0.15) is 11.6 Å². The number of imidazole rings is 1. The molecule has 2 aliphatic heterocycles. The molecule has 2 aromatic carbocycles. The summed E-state index contributed by atoms with van der Waals surface area (Å²) < 4.78 is 27.4. The highest BCUT2D eigenvalue weighted by Gasteiger charge is 2.45. The number of hydrogen-bond acceptors (Lipinski definition) is 3. The van der Waals surface area contributed by atoms with E-state index in [1.54, 1.807) is 6.20 Å². The van der Waals surface area contributed by atoms with Gasteiger partial charge in [-0.05, 0) is 30.9 Å². The van der Waals surface area contributed by atoms with Gasteiger partial charge in [-0.2, -0.15) is 0 Å². The molecule has 0 spiro atoms. The average molecular weight is 384 g/mol. The molecule has 0 N–H and O–H groups in total. The molecule has 0 fully saturated rings. The van der Waals surface area contributed by atoms with E-state index in [0.717, 1.165) is 39.5 Å². The van der Waals surface area contributed by atoms with Crippen molar-refractivity contribution in [3.05, 3.63) is 77.5 Å². The van der Waals surface area contributed by atoms with Crippen molar-refractivity contribution in [1.29, 1.82) is 0 Å². The monoisotopic (exact) mass is 383 g/mol. The third-order valence-corrected chi connectivity index (χ3v) is 6.84. The van der Waals surface area contributed by atoms with E-state index in [4.69, 9.17) is 9.10 Å². The van der Waals surface area contributed by atoms with Crippen molar-refractivity contribution < 1.29 is 4.11 Å². The Kier molecular flexibility index (Phi) is 2.63. The van der Waals surface area contributed by atoms with Crippen LogP contribution in [-0.2, 0) is 11.8 Å². The second-order valence-corrected chi connectivity index (χ2v) is 8.36. The third kappa shape index (κ3) is 1.99. The topological polar surface area (TPSA) is 34.0 Å². The Labute approximate surface area is 175 Å². The van der Waals surface area contributed by atoms with Crippen LogP contribution in [-0.4, -0.2) is 20.6 Å². The smallest absolute Gasteiger partial charge is 0.137 e. The van der Waals surface area contributed by atoms with Crippen molar-refractivity contribution in [1.82, 2.24) is 14.5 Å². The largest absolute Gasteiger partial charge is 0.322 e. The molecule has 0 saturated heterocycles. The quantitative estimate of drug-likeness (QED) is 0.386. The van der Waals surface area contributed by atoms with Gasteiger partial charge < -0.3 is 9.47 Å². The van der Waals surface area contributed by atoms with Gasteiger partial charge in [0.05, 0.1) is 11.4 Å². The van der Waals surface area contributed by atoms with Crippen LogP contribution in [0.25, 0.3) is 16.5 Å². The molecule has 2 aliphatic rings. The van der Waals surface area contributed by atoms with Crippen molar-refractivity contribution >= 4 is 22.3 Å². The van der Waals surface area contributed by atoms with Crippen molar-refractivity contribution in [2.75, 3.05) is 4.90 Å². The Balaban J connectivity index is 1.71. The molecule has 0 aliphatic carbocycles. The normalized spacial score (nSPS) is 24.0. The molecule has 0 saturated carbocycles. The number of fused-ring (bicyclic) bond motifs is 6. The van der Waals surface area contributed by atoms with Crippen LogP contribution in [0.4, 0.5) is 11.5 Å². The summed E-state index contributed by atoms with van der Waals surface area (Å²) in [6.07, 6.45) is 6.32. The molecule has 6 rings (SSSR count). The molecular formula is C25H24N4. The minimum Gasteiger partial charge on any atom is -0.322 e. The van der Waals surface area contributed by atoms with Crippen molar-refractivity contribution in [2.24, 2.45) is 0 Å². The van der Waals surface area contributed by atoms with E-state index < -0.39 is 12.3 Å². The van der Waals surface area contributed by atoms with Gasteiger partial charge in [-0.1, -0.05) is 44.1 Å². The number of rotatable bonds is 1. The molecule has 2 atom stereocenters. The van der Waals surface area contributed by atoms with Crippen LogP contribution >= 0.6 is 0 Å². The maximum Gasteiger partial charge on any atom is 0.137 e. The SMILES string of the molecule is [2H]C([2H])([2H])C1(C)c2cccnc2N(c2c3c(c4ccccc4c2C)-n2ccnc2C3)C1C. The highest BCUT2D eigenvalue weighted by Crippen LogP contribution is 2.52. The predicted molar refractivity (Wildman–Crippen MR) is 117 cm³/mol. The third-order valence-electron chi connectivity index (χ3n) is 6.84. The molecule has 0 radical (unpaired) electrons. The minimum atomic E-state index is -2.17. The Hall–Kier alpha value is -3.14. The molecular weight excluding hydrogens is 356 g/mol. The number of nitrogens with zero attached hydrogens (tertiary/aromatic N) is 4. The number of hydrogen-bond donors (Lipinski definition) is 0. The molecule has 4 heteroatoms. The zero-order valence-corrected chi connectivity index (χ0v) is 16.8. The van der Waals surface area contributed by atoms with E-state index in [1.807, 2.05) is 38.4 Å². The van der Waals surface area contributed by atoms with Crippen LogP contribution in [0, 0.1) is 6.92 Å². The lowest BCUT2D eigenvalue weighted by molar-refractivity contribution is 0.461. The van der Waals surface area contributed by atoms with Gasteiger partial charge in [-0.3, -0.25) is 0 Å². The summed E-state index contributed by atoms with van der Waals surface area (Å²) in [6, 6.07) is 11.9. The van der Waals surface area contributed by atoms with Crippen LogP contribution in [0.1, 0.15) is 47.3 Å². The molecule has 29 heavy (non-hydrogen) atoms. The van der Waals surface area contributed by atoms with Gasteiger partial charge in [0, 0.05) is 57.1 Å². The van der Waals surface area contributed by atoms with Gasteiger partial charge in [0.15, 0.2) is 0 Å². The van der Waals surface area contributed by atoms with Gasteiger partial charge in [-0.15, -0.1) is 0 Å². The maximum absolute atomic E-state index is 8.42. The summed E-state index contributed by atoms with van der Waals surface area (Å²) in [4.78, 5) is 11.5. The zero-order chi connectivity index (χ0) is 22.4. The van der Waals surface area contributed by atoms with Gasteiger partial charge in [0.25, 0.3) is 0 Å². The van der Waals surface area contributed by atoms with E-state index in [2.05, 4.69) is 45.6 Å². The minimum absolute atomic E-state index is 0.295. The molecule has 0 bridgehead atoms. The first-order valence-corrected chi connectivity index (χ1v) is 10.1. The standard InChI is InChI=1S/C25H24N4/c1-15-17-8-5-6-9-18(17)23-19(14-21-26-12-13-28(21)23)22(15)29-16(2)25(3,4)20-10-7-11-27-24(20)29/h5-13,16H,14H2,1-4H3/i3D3. The number of benzene rings is 2. The van der Waals surface area contributed by atoms with Crippen LogP contribution in [0.5, 0.6) is 0 Å². The van der Waals surface area contributed by atoms with Crippen molar-refractivity contribution in [3.63, 3.8) is 0 Å². The van der Waals surface area contributed by atoms with Crippen LogP contribution in [0.3, 0.4) is 0 Å². The average Bonchev–Trinajstić information content (AvgIpc) is 3.41. The molecule has 2 aromatic heterocycles. The summed E-state index contributed by atoms with van der Waals surface area (Å²) in [6.45, 7) is 3.84. The van der Waals surface area contributed by atoms with Gasteiger partial charge in [0.2, 0.25) is 0 Å².